The van der Waals surface area contributed by atoms with Crippen molar-refractivity contribution in [1.82, 2.24) is 15.1 Å². The van der Waals surface area contributed by atoms with E-state index in [2.05, 4.69) is 39.4 Å². The Morgan fingerprint density at radius 1 is 1.36 bits per heavy atom. The van der Waals surface area contributed by atoms with Crippen LogP contribution in [0.1, 0.15) is 0 Å². The van der Waals surface area contributed by atoms with E-state index in [0.29, 0.717) is 0 Å². The van der Waals surface area contributed by atoms with E-state index in [1.165, 1.54) is 10.9 Å². The highest BCUT2D eigenvalue weighted by Crippen LogP contribution is 2.15. The van der Waals surface area contributed by atoms with Crippen molar-refractivity contribution < 1.29 is 0 Å². The molecule has 1 aliphatic heterocycles. The van der Waals surface area contributed by atoms with Gasteiger partial charge < -0.3 is 5.32 Å². The van der Waals surface area contributed by atoms with Gasteiger partial charge in [-0.1, -0.05) is 18.2 Å². The first-order valence-electron chi connectivity index (χ1n) is 5.05. The van der Waals surface area contributed by atoms with E-state index in [1.807, 2.05) is 6.20 Å². The second-order valence-electron chi connectivity index (χ2n) is 3.91. The summed E-state index contributed by atoms with van der Waals surface area (Å²) in [6, 6.07) is 8.37. The molecular weight excluding hydrogens is 174 g/mol. The number of hydrogen-bond donors (Lipinski definition) is 1. The van der Waals surface area contributed by atoms with Crippen LogP contribution < -0.4 is 5.32 Å². The quantitative estimate of drug-likeness (QED) is 0.767. The molecule has 3 nitrogen and oxygen atoms in total. The molecular formula is C11H13N3. The van der Waals surface area contributed by atoms with Gasteiger partial charge in [-0.05, 0) is 6.07 Å². The first-order valence-corrected chi connectivity index (χ1v) is 5.05. The molecule has 0 radical (unpaired) electrons. The van der Waals surface area contributed by atoms with E-state index in [0.717, 1.165) is 25.6 Å². The van der Waals surface area contributed by atoms with Crippen molar-refractivity contribution in [1.29, 1.82) is 0 Å². The lowest BCUT2D eigenvalue weighted by Gasteiger charge is -2.27. The molecule has 72 valence electrons. The molecule has 1 aliphatic rings. The lowest BCUT2D eigenvalue weighted by atomic mass is 10.0. The molecule has 0 spiro atoms. The normalized spacial score (nSPS) is 17.1. The minimum absolute atomic E-state index is 0.762. The molecule has 0 atom stereocenters. The molecule has 14 heavy (non-hydrogen) atoms. The third kappa shape index (κ3) is 1.21. The van der Waals surface area contributed by atoms with Crippen LogP contribution in [0.4, 0.5) is 0 Å². The number of benzene rings is 1. The fourth-order valence-corrected chi connectivity index (χ4v) is 1.89. The number of nitrogens with one attached hydrogen (secondary N) is 1. The standard InChI is InChI=1S/C11H13N3/c1-2-4-11-10(3-1)7-13-14(11)8-9-5-12-6-9/h1-4,7,9,12H,5-6,8H2. The number of fused-ring (bicyclic) bond motifs is 1. The second-order valence-corrected chi connectivity index (χ2v) is 3.91. The maximum absolute atomic E-state index is 4.41. The molecule has 1 fully saturated rings. The monoisotopic (exact) mass is 187 g/mol. The number of hydrogen-bond acceptors (Lipinski definition) is 2. The van der Waals surface area contributed by atoms with E-state index in [-0.39, 0.29) is 0 Å². The van der Waals surface area contributed by atoms with Crippen LogP contribution >= 0.6 is 0 Å². The van der Waals surface area contributed by atoms with Crippen molar-refractivity contribution in [2.24, 2.45) is 5.92 Å². The van der Waals surface area contributed by atoms with E-state index >= 15 is 0 Å². The van der Waals surface area contributed by atoms with E-state index in [1.54, 1.807) is 0 Å². The van der Waals surface area contributed by atoms with Crippen molar-refractivity contribution in [2.45, 2.75) is 6.54 Å². The summed E-state index contributed by atoms with van der Waals surface area (Å²) in [6.45, 7) is 3.31. The summed E-state index contributed by atoms with van der Waals surface area (Å²) in [5.74, 6) is 0.762. The average molecular weight is 187 g/mol. The highest BCUT2D eigenvalue weighted by atomic mass is 15.3. The summed E-state index contributed by atoms with van der Waals surface area (Å²) in [6.07, 6.45) is 1.95. The van der Waals surface area contributed by atoms with Gasteiger partial charge in [0.15, 0.2) is 0 Å². The number of aromatic nitrogens is 2. The molecule has 1 aromatic carbocycles. The predicted molar refractivity (Wildman–Crippen MR) is 56.1 cm³/mol. The van der Waals surface area contributed by atoms with Crippen molar-refractivity contribution in [2.75, 3.05) is 13.1 Å². The molecule has 1 saturated heterocycles. The zero-order chi connectivity index (χ0) is 9.38. The lowest BCUT2D eigenvalue weighted by molar-refractivity contribution is 0.299. The van der Waals surface area contributed by atoms with Gasteiger partial charge >= 0.3 is 0 Å². The van der Waals surface area contributed by atoms with E-state index < -0.39 is 0 Å². The lowest BCUT2D eigenvalue weighted by Crippen LogP contribution is -2.44. The van der Waals surface area contributed by atoms with Gasteiger partial charge in [-0.2, -0.15) is 5.10 Å². The first-order chi connectivity index (χ1) is 6.93. The van der Waals surface area contributed by atoms with E-state index in [4.69, 9.17) is 0 Å². The van der Waals surface area contributed by atoms with Crippen LogP contribution in [0.3, 0.4) is 0 Å². The fraction of sp³-hybridized carbons (Fsp3) is 0.364. The highest BCUT2D eigenvalue weighted by molar-refractivity contribution is 5.78. The molecule has 2 heterocycles. The first kappa shape index (κ1) is 8.00. The predicted octanol–water partition coefficient (Wildman–Crippen LogP) is 1.26. The highest BCUT2D eigenvalue weighted by Gasteiger charge is 2.17. The Morgan fingerprint density at radius 3 is 3.00 bits per heavy atom. The Kier molecular flexibility index (Phi) is 1.77. The van der Waals surface area contributed by atoms with Gasteiger partial charge in [0.25, 0.3) is 0 Å². The molecule has 0 bridgehead atoms. The SMILES string of the molecule is c1ccc2c(c1)cnn2CC1CNC1. The van der Waals surface area contributed by atoms with Gasteiger partial charge in [-0.3, -0.25) is 4.68 Å². The van der Waals surface area contributed by atoms with Crippen molar-refractivity contribution in [3.05, 3.63) is 30.5 Å². The maximum atomic E-state index is 4.41. The minimum atomic E-state index is 0.762. The van der Waals surface area contributed by atoms with Crippen LogP contribution in [0.2, 0.25) is 0 Å². The molecule has 3 rings (SSSR count). The van der Waals surface area contributed by atoms with Crippen molar-refractivity contribution in [3.8, 4) is 0 Å². The van der Waals surface area contributed by atoms with Gasteiger partial charge in [-0.15, -0.1) is 0 Å². The zero-order valence-corrected chi connectivity index (χ0v) is 7.98. The average Bonchev–Trinajstić information content (AvgIpc) is 2.55. The minimum Gasteiger partial charge on any atom is -0.316 e. The van der Waals surface area contributed by atoms with Crippen LogP contribution in [-0.4, -0.2) is 22.9 Å². The van der Waals surface area contributed by atoms with Gasteiger partial charge in [-0.25, -0.2) is 0 Å². The maximum Gasteiger partial charge on any atom is 0.0682 e. The Bertz CT molecular complexity index is 442. The topological polar surface area (TPSA) is 29.9 Å². The zero-order valence-electron chi connectivity index (χ0n) is 7.98. The van der Waals surface area contributed by atoms with E-state index in [9.17, 15) is 0 Å². The van der Waals surface area contributed by atoms with Crippen LogP contribution in [0.5, 0.6) is 0 Å². The van der Waals surface area contributed by atoms with Crippen molar-refractivity contribution in [3.63, 3.8) is 0 Å². The second kappa shape index (κ2) is 3.10. The van der Waals surface area contributed by atoms with Gasteiger partial charge in [0, 0.05) is 30.9 Å². The van der Waals surface area contributed by atoms with Gasteiger partial charge in [0.2, 0.25) is 0 Å². The Balaban J connectivity index is 1.95. The molecule has 0 amide bonds. The smallest absolute Gasteiger partial charge is 0.0682 e. The Morgan fingerprint density at radius 2 is 2.21 bits per heavy atom. The van der Waals surface area contributed by atoms with Crippen LogP contribution in [0.15, 0.2) is 30.5 Å². The Labute approximate surface area is 82.7 Å². The fourth-order valence-electron chi connectivity index (χ4n) is 1.89. The summed E-state index contributed by atoms with van der Waals surface area (Å²) < 4.78 is 2.11. The van der Waals surface area contributed by atoms with Crippen LogP contribution in [0, 0.1) is 5.92 Å². The van der Waals surface area contributed by atoms with Gasteiger partial charge in [0.1, 0.15) is 0 Å². The largest absolute Gasteiger partial charge is 0.316 e. The third-order valence-electron chi connectivity index (χ3n) is 2.85. The summed E-state index contributed by atoms with van der Waals surface area (Å²) >= 11 is 0. The van der Waals surface area contributed by atoms with Crippen LogP contribution in [0.25, 0.3) is 10.9 Å². The van der Waals surface area contributed by atoms with Crippen LogP contribution in [-0.2, 0) is 6.54 Å². The molecule has 3 heteroatoms. The molecule has 0 saturated carbocycles. The summed E-state index contributed by atoms with van der Waals surface area (Å²) in [4.78, 5) is 0. The molecule has 2 aromatic rings. The molecule has 1 N–H and O–H groups in total. The molecule has 1 aromatic heterocycles. The molecule has 0 aliphatic carbocycles. The molecule has 0 unspecified atom stereocenters. The third-order valence-corrected chi connectivity index (χ3v) is 2.85. The summed E-state index contributed by atoms with van der Waals surface area (Å²) in [5, 5.41) is 8.92. The Hall–Kier alpha value is -1.35. The number of nitrogens with zero attached hydrogens (tertiary/aromatic N) is 2. The van der Waals surface area contributed by atoms with Gasteiger partial charge in [0.05, 0.1) is 11.7 Å². The summed E-state index contributed by atoms with van der Waals surface area (Å²) in [5.41, 5.74) is 1.25. The summed E-state index contributed by atoms with van der Waals surface area (Å²) in [7, 11) is 0. The van der Waals surface area contributed by atoms with Crippen molar-refractivity contribution >= 4 is 10.9 Å². The number of rotatable bonds is 2. The number of para-hydroxylation sites is 1.